The first-order valence-electron chi connectivity index (χ1n) is 9.51. The minimum Gasteiger partial charge on any atom is -0.388 e. The second kappa shape index (κ2) is 7.41. The molecule has 11 heteroatoms. The number of likely N-dealkylation sites (N-methyl/N-ethyl adjacent to an activating group) is 1. The molecule has 0 spiro atoms. The number of nitrogens with one attached hydrogen (secondary N) is 3. The molecule has 0 aliphatic carbocycles. The van der Waals surface area contributed by atoms with E-state index in [1.165, 1.54) is 13.4 Å². The number of aliphatic hydroxyl groups is 1. The van der Waals surface area contributed by atoms with Crippen LogP contribution >= 0.6 is 22.6 Å². The zero-order valence-electron chi connectivity index (χ0n) is 16.0. The van der Waals surface area contributed by atoms with E-state index in [0.29, 0.717) is 23.5 Å². The normalized spacial score (nSPS) is 27.5. The second-order valence-corrected chi connectivity index (χ2v) is 8.60. The number of morpholine rings is 1. The van der Waals surface area contributed by atoms with Crippen LogP contribution in [0.3, 0.4) is 0 Å². The molecule has 4 heterocycles. The first-order chi connectivity index (χ1) is 14.5. The molecule has 4 N–H and O–H groups in total. The van der Waals surface area contributed by atoms with Gasteiger partial charge in [-0.3, -0.25) is 9.36 Å². The molecule has 2 aromatic heterocycles. The Labute approximate surface area is 185 Å². The second-order valence-electron chi connectivity index (χ2n) is 7.36. The van der Waals surface area contributed by atoms with Gasteiger partial charge in [0.2, 0.25) is 0 Å². The van der Waals surface area contributed by atoms with E-state index in [0.717, 1.165) is 9.13 Å². The molecule has 156 valence electrons. The predicted molar refractivity (Wildman–Crippen MR) is 117 cm³/mol. The smallest absolute Gasteiger partial charge is 0.256 e. The lowest BCUT2D eigenvalue weighted by atomic mass is 9.98. The van der Waals surface area contributed by atoms with Crippen molar-refractivity contribution in [1.29, 1.82) is 0 Å². The van der Waals surface area contributed by atoms with E-state index in [9.17, 15) is 9.90 Å². The molecule has 0 radical (unpaired) electrons. The molecule has 5 rings (SSSR count). The molecule has 30 heavy (non-hydrogen) atoms. The Morgan fingerprint density at radius 1 is 1.43 bits per heavy atom. The largest absolute Gasteiger partial charge is 0.388 e. The van der Waals surface area contributed by atoms with Crippen LogP contribution in [0.25, 0.3) is 11.2 Å². The lowest BCUT2D eigenvalue weighted by molar-refractivity contribution is -0.158. The van der Waals surface area contributed by atoms with Crippen LogP contribution in [0.4, 0.5) is 5.82 Å². The summed E-state index contributed by atoms with van der Waals surface area (Å²) in [7, 11) is 1.53. The van der Waals surface area contributed by atoms with Gasteiger partial charge >= 0.3 is 0 Å². The van der Waals surface area contributed by atoms with Crippen LogP contribution in [0.1, 0.15) is 11.8 Å². The summed E-state index contributed by atoms with van der Waals surface area (Å²) in [6, 6.07) is 7.74. The van der Waals surface area contributed by atoms with Gasteiger partial charge in [0, 0.05) is 23.7 Å². The number of halogens is 1. The van der Waals surface area contributed by atoms with Gasteiger partial charge in [0.15, 0.2) is 28.8 Å². The van der Waals surface area contributed by atoms with Gasteiger partial charge in [0.1, 0.15) is 12.4 Å². The number of anilines is 1. The maximum atomic E-state index is 12.4. The van der Waals surface area contributed by atoms with Crippen molar-refractivity contribution in [2.24, 2.45) is 0 Å². The predicted octanol–water partition coefficient (Wildman–Crippen LogP) is 0.389. The molecular weight excluding hydrogens is 501 g/mol. The molecule has 2 aliphatic heterocycles. The maximum Gasteiger partial charge on any atom is 0.256 e. The van der Waals surface area contributed by atoms with E-state index in [1.54, 1.807) is 10.9 Å². The number of nitrogens with zero attached hydrogens (tertiary/aromatic N) is 4. The molecular formula is C19H20IN7O3. The van der Waals surface area contributed by atoms with E-state index >= 15 is 0 Å². The third-order valence-corrected chi connectivity index (χ3v) is 6.32. The van der Waals surface area contributed by atoms with Crippen molar-refractivity contribution in [2.75, 3.05) is 18.9 Å². The number of hydrogen-bond donors (Lipinski definition) is 4. The fourth-order valence-corrected chi connectivity index (χ4v) is 4.75. The van der Waals surface area contributed by atoms with Crippen LogP contribution in [0, 0.1) is 3.57 Å². The summed E-state index contributed by atoms with van der Waals surface area (Å²) in [6.07, 6.45) is 1.48. The topological polar surface area (TPSA) is 126 Å². The van der Waals surface area contributed by atoms with Crippen molar-refractivity contribution >= 4 is 45.5 Å². The standard InChI is InChI=1S/C19H20IN7O3/c1-21-18(29)19-7-23-12(14(19)28)17(30-19)27-9-26-13-15(24-8-25-16(13)27)22-6-10-3-2-4-11(20)5-10/h2-5,8-9,12,14,17,23,28H,6-7H2,1H3,(H,21,29)(H,22,24,25)/t12?,14?,17-,19-/m1/s1. The van der Waals surface area contributed by atoms with Gasteiger partial charge in [0.25, 0.3) is 5.91 Å². The quantitative estimate of drug-likeness (QED) is 0.356. The van der Waals surface area contributed by atoms with E-state index in [2.05, 4.69) is 59.6 Å². The lowest BCUT2D eigenvalue weighted by Crippen LogP contribution is -2.54. The number of carbonyl (C=O) groups is 1. The van der Waals surface area contributed by atoms with Crippen LogP contribution in [0.2, 0.25) is 0 Å². The van der Waals surface area contributed by atoms with Crippen molar-refractivity contribution in [3.63, 3.8) is 0 Å². The number of imidazole rings is 1. The molecule has 1 aromatic carbocycles. The molecule has 0 saturated carbocycles. The molecule has 4 atom stereocenters. The molecule has 1 amide bonds. The summed E-state index contributed by atoms with van der Waals surface area (Å²) in [5.74, 6) is 0.252. The summed E-state index contributed by atoms with van der Waals surface area (Å²) in [5.41, 5.74) is 0.968. The van der Waals surface area contributed by atoms with Gasteiger partial charge < -0.3 is 25.8 Å². The van der Waals surface area contributed by atoms with Crippen molar-refractivity contribution in [1.82, 2.24) is 30.2 Å². The number of ether oxygens (including phenoxy) is 1. The fourth-order valence-electron chi connectivity index (χ4n) is 4.14. The third-order valence-electron chi connectivity index (χ3n) is 5.65. The van der Waals surface area contributed by atoms with Crippen LogP contribution in [-0.2, 0) is 16.1 Å². The van der Waals surface area contributed by atoms with Crippen molar-refractivity contribution in [2.45, 2.75) is 30.5 Å². The summed E-state index contributed by atoms with van der Waals surface area (Å²) in [4.78, 5) is 25.6. The van der Waals surface area contributed by atoms with Gasteiger partial charge in [-0.15, -0.1) is 0 Å². The number of fused-ring (bicyclic) bond motifs is 3. The Bertz CT molecular complexity index is 1120. The van der Waals surface area contributed by atoms with Crippen LogP contribution in [0.15, 0.2) is 36.9 Å². The lowest BCUT2D eigenvalue weighted by Gasteiger charge is -2.30. The highest BCUT2D eigenvalue weighted by Crippen LogP contribution is 2.42. The number of amides is 1. The van der Waals surface area contributed by atoms with E-state index < -0.39 is 24.0 Å². The Balaban J connectivity index is 1.44. The molecule has 2 unspecified atom stereocenters. The van der Waals surface area contributed by atoms with Gasteiger partial charge in [-0.2, -0.15) is 0 Å². The van der Waals surface area contributed by atoms with Crippen LogP contribution in [-0.4, -0.2) is 61.9 Å². The minimum absolute atomic E-state index is 0.249. The maximum absolute atomic E-state index is 12.4. The van der Waals surface area contributed by atoms with Gasteiger partial charge in [0.05, 0.1) is 12.4 Å². The van der Waals surface area contributed by atoms with E-state index in [4.69, 9.17) is 4.74 Å². The van der Waals surface area contributed by atoms with Crippen molar-refractivity contribution in [3.8, 4) is 0 Å². The molecule has 10 nitrogen and oxygen atoms in total. The van der Waals surface area contributed by atoms with Gasteiger partial charge in [-0.25, -0.2) is 15.0 Å². The van der Waals surface area contributed by atoms with E-state index in [1.807, 2.05) is 18.2 Å². The number of aliphatic hydroxyl groups excluding tert-OH is 1. The molecule has 3 aromatic rings. The SMILES string of the molecule is CNC(=O)[C@@]12CNC(C1O)[C@H](n1cnc3c(NCc4cccc(I)c4)ncnc31)O2. The van der Waals surface area contributed by atoms with Crippen LogP contribution in [0.5, 0.6) is 0 Å². The van der Waals surface area contributed by atoms with E-state index in [-0.39, 0.29) is 12.5 Å². The Hall–Kier alpha value is -2.35. The zero-order chi connectivity index (χ0) is 20.9. The minimum atomic E-state index is -1.32. The van der Waals surface area contributed by atoms with Gasteiger partial charge in [-0.1, -0.05) is 12.1 Å². The Morgan fingerprint density at radius 2 is 2.30 bits per heavy atom. The highest BCUT2D eigenvalue weighted by Gasteiger charge is 2.64. The fraction of sp³-hybridized carbons (Fsp3) is 0.368. The number of hydrogen-bond acceptors (Lipinski definition) is 8. The number of aromatic nitrogens is 4. The summed E-state index contributed by atoms with van der Waals surface area (Å²) < 4.78 is 8.96. The third kappa shape index (κ3) is 2.95. The van der Waals surface area contributed by atoms with Gasteiger partial charge in [-0.05, 0) is 40.3 Å². The number of carbonyl (C=O) groups excluding carboxylic acids is 1. The molecule has 2 aliphatic rings. The van der Waals surface area contributed by atoms with Crippen LogP contribution < -0.4 is 16.0 Å². The monoisotopic (exact) mass is 521 g/mol. The average Bonchev–Trinajstić information content (AvgIpc) is 3.42. The summed E-state index contributed by atoms with van der Waals surface area (Å²) >= 11 is 2.28. The Kier molecular flexibility index (Phi) is 4.84. The average molecular weight is 521 g/mol. The molecule has 2 fully saturated rings. The highest BCUT2D eigenvalue weighted by atomic mass is 127. The highest BCUT2D eigenvalue weighted by molar-refractivity contribution is 14.1. The first-order valence-corrected chi connectivity index (χ1v) is 10.6. The Morgan fingerprint density at radius 3 is 3.10 bits per heavy atom. The zero-order valence-corrected chi connectivity index (χ0v) is 18.2. The number of rotatable bonds is 5. The first kappa shape index (κ1) is 19.6. The molecule has 2 saturated heterocycles. The van der Waals surface area contributed by atoms with Crippen molar-refractivity contribution in [3.05, 3.63) is 46.1 Å². The summed E-state index contributed by atoms with van der Waals surface area (Å²) in [6.45, 7) is 0.845. The van der Waals surface area contributed by atoms with Crippen molar-refractivity contribution < 1.29 is 14.6 Å². The summed E-state index contributed by atoms with van der Waals surface area (Å²) in [5, 5.41) is 19.8. The number of benzene rings is 1. The molecule has 2 bridgehead atoms.